The molecule has 1 aromatic carbocycles. The highest BCUT2D eigenvalue weighted by molar-refractivity contribution is 6.04. The zero-order valence-corrected chi connectivity index (χ0v) is 9.38. The van der Waals surface area contributed by atoms with Crippen molar-refractivity contribution in [2.75, 3.05) is 18.5 Å². The molecule has 0 aromatic heterocycles. The third kappa shape index (κ3) is 1.96. The summed E-state index contributed by atoms with van der Waals surface area (Å²) in [5, 5.41) is 6.64. The molecule has 0 fully saturated rings. The number of nitrogens with two attached hydrogens (primary N) is 2. The maximum atomic E-state index is 14.0. The Bertz CT molecular complexity index is 474. The summed E-state index contributed by atoms with van der Waals surface area (Å²) in [4.78, 5) is 0. The summed E-state index contributed by atoms with van der Waals surface area (Å²) in [5.41, 5.74) is 8.85. The Morgan fingerprint density at radius 2 is 2.41 bits per heavy atom. The topological polar surface area (TPSA) is 97.7 Å². The van der Waals surface area contributed by atoms with Gasteiger partial charge in [0.2, 0.25) is 0 Å². The molecule has 1 aliphatic heterocycles. The molecule has 2 rings (SSSR count). The maximum absolute atomic E-state index is 14.0. The summed E-state index contributed by atoms with van der Waals surface area (Å²) in [5.74, 6) is 5.15. The van der Waals surface area contributed by atoms with E-state index in [4.69, 9.17) is 16.3 Å². The van der Waals surface area contributed by atoms with Gasteiger partial charge in [0.1, 0.15) is 18.2 Å². The Balaban J connectivity index is 2.62. The van der Waals surface area contributed by atoms with Crippen LogP contribution in [0.25, 0.3) is 0 Å². The highest BCUT2D eigenvalue weighted by atomic mass is 19.1. The largest absolute Gasteiger partial charge is 0.490 e. The Labute approximate surface area is 97.8 Å². The van der Waals surface area contributed by atoms with Gasteiger partial charge in [0, 0.05) is 6.54 Å². The first-order valence-corrected chi connectivity index (χ1v) is 5.14. The van der Waals surface area contributed by atoms with Crippen LogP contribution >= 0.6 is 0 Å². The van der Waals surface area contributed by atoms with Gasteiger partial charge in [-0.1, -0.05) is 0 Å². The molecule has 0 unspecified atom stereocenters. The number of halogens is 1. The lowest BCUT2D eigenvalue weighted by molar-refractivity contribution is 0.322. The lowest BCUT2D eigenvalue weighted by Crippen LogP contribution is -2.27. The van der Waals surface area contributed by atoms with E-state index in [0.717, 1.165) is 0 Å². The van der Waals surface area contributed by atoms with Crippen LogP contribution in [0.15, 0.2) is 11.2 Å². The van der Waals surface area contributed by atoms with Gasteiger partial charge in [0.05, 0.1) is 11.3 Å². The number of nitrogens with one attached hydrogen (secondary N) is 2. The molecular weight excluding hydrogens is 225 g/mol. The summed E-state index contributed by atoms with van der Waals surface area (Å²) < 4.78 is 19.5. The summed E-state index contributed by atoms with van der Waals surface area (Å²) in [7, 11) is 0. The van der Waals surface area contributed by atoms with E-state index >= 15 is 0 Å². The molecular formula is C10H14FN5O. The van der Waals surface area contributed by atoms with Gasteiger partial charge >= 0.3 is 0 Å². The number of hydrogen-bond donors (Lipinski definition) is 4. The second kappa shape index (κ2) is 4.46. The number of nitrogens with zero attached hydrogens (tertiary/aromatic N) is 1. The van der Waals surface area contributed by atoms with Gasteiger partial charge in [-0.05, 0) is 18.6 Å². The Kier molecular flexibility index (Phi) is 3.01. The van der Waals surface area contributed by atoms with E-state index in [-0.39, 0.29) is 11.4 Å². The normalized spacial score (nSPS) is 14.6. The number of amidine groups is 1. The number of benzene rings is 1. The Hall–Kier alpha value is -2.02. The minimum atomic E-state index is -0.432. The lowest BCUT2D eigenvalue weighted by Gasteiger charge is -2.23. The van der Waals surface area contributed by atoms with Crippen molar-refractivity contribution in [1.82, 2.24) is 5.53 Å². The highest BCUT2D eigenvalue weighted by Gasteiger charge is 2.22. The molecule has 6 nitrogen and oxygen atoms in total. The van der Waals surface area contributed by atoms with Crippen LogP contribution in [0.3, 0.4) is 0 Å². The minimum absolute atomic E-state index is 0.0250. The second-order valence-corrected chi connectivity index (χ2v) is 3.66. The first-order valence-electron chi connectivity index (χ1n) is 5.14. The molecule has 0 spiro atoms. The van der Waals surface area contributed by atoms with E-state index in [2.05, 4.69) is 10.4 Å². The summed E-state index contributed by atoms with van der Waals surface area (Å²) in [6.07, 6.45) is 0. The van der Waals surface area contributed by atoms with Crippen molar-refractivity contribution in [1.29, 1.82) is 0 Å². The van der Waals surface area contributed by atoms with Gasteiger partial charge in [0.25, 0.3) is 0 Å². The predicted octanol–water partition coefficient (Wildman–Crippen LogP) is 0.0220. The van der Waals surface area contributed by atoms with Gasteiger partial charge in [-0.15, -0.1) is 5.10 Å². The van der Waals surface area contributed by atoms with Crippen molar-refractivity contribution in [3.63, 3.8) is 0 Å². The van der Waals surface area contributed by atoms with Crippen LogP contribution in [0.2, 0.25) is 0 Å². The fourth-order valence-corrected chi connectivity index (χ4v) is 1.75. The number of hydrazine groups is 1. The van der Waals surface area contributed by atoms with Crippen molar-refractivity contribution >= 4 is 11.5 Å². The van der Waals surface area contributed by atoms with Crippen molar-refractivity contribution in [3.8, 4) is 5.75 Å². The van der Waals surface area contributed by atoms with Crippen LogP contribution in [0.4, 0.5) is 10.1 Å². The molecule has 7 heteroatoms. The van der Waals surface area contributed by atoms with E-state index in [0.29, 0.717) is 30.2 Å². The molecule has 0 radical (unpaired) electrons. The zero-order valence-electron chi connectivity index (χ0n) is 9.38. The fraction of sp³-hybridized carbons (Fsp3) is 0.300. The molecule has 0 atom stereocenters. The SMILES string of the molecule is Cc1cc2c(c(/C(N)=N/NN)c1F)NCCO2. The molecule has 0 aliphatic carbocycles. The van der Waals surface area contributed by atoms with Gasteiger partial charge < -0.3 is 15.8 Å². The number of hydrogen-bond acceptors (Lipinski definition) is 5. The van der Waals surface area contributed by atoms with Crippen LogP contribution in [-0.2, 0) is 0 Å². The van der Waals surface area contributed by atoms with Crippen molar-refractivity contribution < 1.29 is 9.13 Å². The van der Waals surface area contributed by atoms with Crippen LogP contribution < -0.4 is 27.2 Å². The molecule has 92 valence electrons. The first-order chi connectivity index (χ1) is 8.15. The minimum Gasteiger partial charge on any atom is -0.490 e. The van der Waals surface area contributed by atoms with E-state index in [1.54, 1.807) is 13.0 Å². The lowest BCUT2D eigenvalue weighted by atomic mass is 10.1. The second-order valence-electron chi connectivity index (χ2n) is 3.66. The third-order valence-corrected chi connectivity index (χ3v) is 2.51. The molecule has 1 aromatic rings. The summed E-state index contributed by atoms with van der Waals surface area (Å²) >= 11 is 0. The number of hydrazone groups is 1. The first kappa shape index (κ1) is 11.5. The van der Waals surface area contributed by atoms with E-state index in [1.807, 2.05) is 5.53 Å². The molecule has 0 saturated heterocycles. The molecule has 1 heterocycles. The molecule has 0 amide bonds. The fourth-order valence-electron chi connectivity index (χ4n) is 1.75. The number of aryl methyl sites for hydroxylation is 1. The van der Waals surface area contributed by atoms with Gasteiger partial charge in [-0.2, -0.15) is 0 Å². The summed E-state index contributed by atoms with van der Waals surface area (Å²) in [6.45, 7) is 2.76. The number of ether oxygens (including phenoxy) is 1. The number of anilines is 1. The highest BCUT2D eigenvalue weighted by Crippen LogP contribution is 2.34. The quantitative estimate of drug-likeness (QED) is 0.252. The standard InChI is InChI=1S/C10H14FN5O/c1-5-4-6-9(14-2-3-17-6)7(8(5)11)10(12)15-16-13/h4,14,16H,2-3,13H2,1H3,(H2,12,15). The number of rotatable bonds is 2. The molecule has 0 saturated carbocycles. The van der Waals surface area contributed by atoms with Crippen LogP contribution in [0.1, 0.15) is 11.1 Å². The maximum Gasteiger partial charge on any atom is 0.157 e. The van der Waals surface area contributed by atoms with Crippen molar-refractivity contribution in [3.05, 3.63) is 23.0 Å². The average molecular weight is 239 g/mol. The van der Waals surface area contributed by atoms with Crippen molar-refractivity contribution in [2.24, 2.45) is 16.7 Å². The third-order valence-electron chi connectivity index (χ3n) is 2.51. The molecule has 1 aliphatic rings. The summed E-state index contributed by atoms with van der Waals surface area (Å²) in [6, 6.07) is 1.63. The number of fused-ring (bicyclic) bond motifs is 1. The Morgan fingerprint density at radius 3 is 3.12 bits per heavy atom. The van der Waals surface area contributed by atoms with E-state index in [9.17, 15) is 4.39 Å². The van der Waals surface area contributed by atoms with Crippen LogP contribution in [0.5, 0.6) is 5.75 Å². The van der Waals surface area contributed by atoms with E-state index in [1.165, 1.54) is 0 Å². The van der Waals surface area contributed by atoms with Crippen LogP contribution in [0, 0.1) is 12.7 Å². The van der Waals surface area contributed by atoms with E-state index < -0.39 is 5.82 Å². The van der Waals surface area contributed by atoms with Crippen LogP contribution in [-0.4, -0.2) is 19.0 Å². The monoisotopic (exact) mass is 239 g/mol. The van der Waals surface area contributed by atoms with Gasteiger partial charge in [0.15, 0.2) is 5.84 Å². The predicted molar refractivity (Wildman–Crippen MR) is 63.2 cm³/mol. The smallest absolute Gasteiger partial charge is 0.157 e. The molecule has 0 bridgehead atoms. The Morgan fingerprint density at radius 1 is 1.65 bits per heavy atom. The molecule has 17 heavy (non-hydrogen) atoms. The van der Waals surface area contributed by atoms with Crippen molar-refractivity contribution in [2.45, 2.75) is 6.92 Å². The van der Waals surface area contributed by atoms with Gasteiger partial charge in [-0.25, -0.2) is 15.8 Å². The molecule has 6 N–H and O–H groups in total. The zero-order chi connectivity index (χ0) is 12.4. The average Bonchev–Trinajstić information content (AvgIpc) is 2.31. The van der Waals surface area contributed by atoms with Gasteiger partial charge in [-0.3, -0.25) is 0 Å².